The highest BCUT2D eigenvalue weighted by molar-refractivity contribution is 6.18. The van der Waals surface area contributed by atoms with Crippen LogP contribution in [0.15, 0.2) is 229 Å². The van der Waals surface area contributed by atoms with Crippen molar-refractivity contribution in [3.8, 4) is 44.5 Å². The van der Waals surface area contributed by atoms with Gasteiger partial charge in [-0.3, -0.25) is 0 Å². The Morgan fingerprint density at radius 3 is 1.78 bits per heavy atom. The van der Waals surface area contributed by atoms with E-state index in [1.807, 2.05) is 0 Å². The fourth-order valence-corrected chi connectivity index (χ4v) is 8.69. The molecular formula is C56H37NO. The number of hydrogen-bond acceptors (Lipinski definition) is 2. The van der Waals surface area contributed by atoms with Gasteiger partial charge in [0.1, 0.15) is 11.2 Å². The van der Waals surface area contributed by atoms with E-state index in [2.05, 4.69) is 229 Å². The second kappa shape index (κ2) is 14.1. The molecule has 0 saturated carbocycles. The minimum absolute atomic E-state index is 0.864. The first-order valence-electron chi connectivity index (χ1n) is 19.8. The van der Waals surface area contributed by atoms with Crippen molar-refractivity contribution in [1.82, 2.24) is 0 Å². The second-order valence-electron chi connectivity index (χ2n) is 14.9. The number of nitrogens with zero attached hydrogens (tertiary/aromatic N) is 1. The topological polar surface area (TPSA) is 16.4 Å². The number of anilines is 3. The highest BCUT2D eigenvalue weighted by Gasteiger charge is 2.23. The van der Waals surface area contributed by atoms with E-state index in [0.717, 1.165) is 55.7 Å². The first-order chi connectivity index (χ1) is 28.8. The van der Waals surface area contributed by atoms with Crippen molar-refractivity contribution in [1.29, 1.82) is 0 Å². The summed E-state index contributed by atoms with van der Waals surface area (Å²) in [5.74, 6) is 0. The van der Waals surface area contributed by atoms with Gasteiger partial charge >= 0.3 is 0 Å². The predicted molar refractivity (Wildman–Crippen MR) is 245 cm³/mol. The van der Waals surface area contributed by atoms with Crippen LogP contribution in [0.3, 0.4) is 0 Å². The summed E-state index contributed by atoms with van der Waals surface area (Å²) in [5, 5.41) is 7.04. The average Bonchev–Trinajstić information content (AvgIpc) is 3.70. The molecule has 272 valence electrons. The minimum Gasteiger partial charge on any atom is -0.455 e. The van der Waals surface area contributed by atoms with Crippen LogP contribution < -0.4 is 4.90 Å². The molecule has 0 spiro atoms. The van der Waals surface area contributed by atoms with Crippen LogP contribution in [0.4, 0.5) is 17.1 Å². The molecule has 11 aromatic rings. The van der Waals surface area contributed by atoms with Gasteiger partial charge in [0.05, 0.1) is 11.1 Å². The van der Waals surface area contributed by atoms with Crippen LogP contribution >= 0.6 is 0 Å². The Hall–Kier alpha value is -7.68. The highest BCUT2D eigenvalue weighted by atomic mass is 16.3. The van der Waals surface area contributed by atoms with Gasteiger partial charge in [-0.15, -0.1) is 0 Å². The number of rotatable bonds is 7. The summed E-state index contributed by atoms with van der Waals surface area (Å²) < 4.78 is 6.89. The first-order valence-corrected chi connectivity index (χ1v) is 19.8. The van der Waals surface area contributed by atoms with Gasteiger partial charge in [-0.2, -0.15) is 0 Å². The molecule has 0 N–H and O–H groups in total. The van der Waals surface area contributed by atoms with Crippen LogP contribution in [0, 0.1) is 0 Å². The Kier molecular flexibility index (Phi) is 8.19. The molecule has 0 saturated heterocycles. The van der Waals surface area contributed by atoms with Gasteiger partial charge in [0.2, 0.25) is 0 Å². The van der Waals surface area contributed by atoms with Crippen molar-refractivity contribution >= 4 is 60.5 Å². The van der Waals surface area contributed by atoms with Crippen molar-refractivity contribution < 1.29 is 4.42 Å². The molecule has 0 unspecified atom stereocenters. The zero-order valence-corrected chi connectivity index (χ0v) is 31.7. The Balaban J connectivity index is 1.13. The van der Waals surface area contributed by atoms with Gasteiger partial charge in [-0.1, -0.05) is 176 Å². The van der Waals surface area contributed by atoms with Crippen LogP contribution in [0.1, 0.15) is 0 Å². The average molecular weight is 740 g/mol. The Labute approximate surface area is 337 Å². The molecule has 2 nitrogen and oxygen atoms in total. The van der Waals surface area contributed by atoms with Crippen LogP contribution in [0.2, 0.25) is 0 Å². The summed E-state index contributed by atoms with van der Waals surface area (Å²) in [6, 6.07) is 80.6. The van der Waals surface area contributed by atoms with E-state index in [9.17, 15) is 0 Å². The maximum atomic E-state index is 6.89. The van der Waals surface area contributed by atoms with Gasteiger partial charge in [-0.05, 0) is 109 Å². The van der Waals surface area contributed by atoms with Crippen molar-refractivity contribution in [2.24, 2.45) is 0 Å². The number of furan rings is 1. The van der Waals surface area contributed by atoms with E-state index in [1.54, 1.807) is 0 Å². The third-order valence-electron chi connectivity index (χ3n) is 11.5. The van der Waals surface area contributed by atoms with Gasteiger partial charge < -0.3 is 9.32 Å². The van der Waals surface area contributed by atoms with E-state index < -0.39 is 0 Å². The second-order valence-corrected chi connectivity index (χ2v) is 14.9. The lowest BCUT2D eigenvalue weighted by Crippen LogP contribution is -2.10. The fraction of sp³-hybridized carbons (Fsp3) is 0. The summed E-state index contributed by atoms with van der Waals surface area (Å²) in [7, 11) is 0. The normalized spacial score (nSPS) is 11.4. The summed E-state index contributed by atoms with van der Waals surface area (Å²) in [6.45, 7) is 0. The molecule has 0 amide bonds. The van der Waals surface area contributed by atoms with Crippen LogP contribution in [0.5, 0.6) is 0 Å². The zero-order chi connectivity index (χ0) is 38.4. The smallest absolute Gasteiger partial charge is 0.145 e. The van der Waals surface area contributed by atoms with Crippen LogP contribution in [-0.2, 0) is 0 Å². The van der Waals surface area contributed by atoms with Crippen LogP contribution in [-0.4, -0.2) is 0 Å². The number of hydrogen-bond donors (Lipinski definition) is 0. The quantitative estimate of drug-likeness (QED) is 0.162. The molecule has 0 atom stereocenters. The SMILES string of the molecule is c1ccc(-c2ccccc2-c2cccc(N(c3ccc(-c4ccc5ccccc5c4)cc3)c3ccc(-c4cccc5ccccc45)c4oc5ccccc5c34)c2)cc1. The third kappa shape index (κ3) is 5.82. The largest absolute Gasteiger partial charge is 0.455 e. The Bertz CT molecular complexity index is 3280. The lowest BCUT2D eigenvalue weighted by Gasteiger charge is -2.27. The molecule has 11 rings (SSSR count). The molecule has 0 bridgehead atoms. The minimum atomic E-state index is 0.864. The predicted octanol–water partition coefficient (Wildman–Crippen LogP) is 16.0. The maximum absolute atomic E-state index is 6.89. The maximum Gasteiger partial charge on any atom is 0.145 e. The van der Waals surface area contributed by atoms with Crippen LogP contribution in [0.25, 0.3) is 88.0 Å². The molecule has 1 heterocycles. The summed E-state index contributed by atoms with van der Waals surface area (Å²) >= 11 is 0. The van der Waals surface area contributed by atoms with E-state index >= 15 is 0 Å². The molecule has 0 radical (unpaired) electrons. The fourth-order valence-electron chi connectivity index (χ4n) is 8.69. The molecule has 1 aromatic heterocycles. The first kappa shape index (κ1) is 33.6. The van der Waals surface area contributed by atoms with Gasteiger partial charge in [0, 0.05) is 22.3 Å². The summed E-state index contributed by atoms with van der Waals surface area (Å²) in [5.41, 5.74) is 14.2. The number of benzene rings is 10. The molecule has 0 aliphatic carbocycles. The summed E-state index contributed by atoms with van der Waals surface area (Å²) in [4.78, 5) is 2.40. The standard InChI is InChI=1S/C56H37NO/c1-2-15-40(16-3-1)47-22-8-9-24-49(47)44-20-12-21-46(37-44)57(45-32-30-39(31-33-45)43-29-28-38-14-4-5-18-42(38)36-43)53-35-34-51(50-26-13-19-41-17-6-7-23-48(41)50)56-55(53)52-25-10-11-27-54(52)58-56/h1-37H. The molecule has 10 aromatic carbocycles. The molecule has 0 aliphatic rings. The van der Waals surface area contributed by atoms with Crippen molar-refractivity contribution in [3.05, 3.63) is 224 Å². The Morgan fingerprint density at radius 1 is 0.310 bits per heavy atom. The van der Waals surface area contributed by atoms with Gasteiger partial charge in [-0.25, -0.2) is 0 Å². The molecule has 58 heavy (non-hydrogen) atoms. The molecule has 2 heteroatoms. The molecular weight excluding hydrogens is 703 g/mol. The van der Waals surface area contributed by atoms with E-state index in [-0.39, 0.29) is 0 Å². The highest BCUT2D eigenvalue weighted by Crippen LogP contribution is 2.48. The number of fused-ring (bicyclic) bond motifs is 5. The van der Waals surface area contributed by atoms with Gasteiger partial charge in [0.25, 0.3) is 0 Å². The Morgan fingerprint density at radius 2 is 0.931 bits per heavy atom. The monoisotopic (exact) mass is 739 g/mol. The van der Waals surface area contributed by atoms with Crippen molar-refractivity contribution in [2.45, 2.75) is 0 Å². The molecule has 0 fully saturated rings. The van der Waals surface area contributed by atoms with E-state index in [1.165, 1.54) is 49.4 Å². The zero-order valence-electron chi connectivity index (χ0n) is 31.7. The van der Waals surface area contributed by atoms with E-state index in [4.69, 9.17) is 4.42 Å². The summed E-state index contributed by atoms with van der Waals surface area (Å²) in [6.07, 6.45) is 0. The van der Waals surface area contributed by atoms with Crippen molar-refractivity contribution in [3.63, 3.8) is 0 Å². The van der Waals surface area contributed by atoms with Gasteiger partial charge in [0.15, 0.2) is 0 Å². The third-order valence-corrected chi connectivity index (χ3v) is 11.5. The lowest BCUT2D eigenvalue weighted by molar-refractivity contribution is 0.670. The van der Waals surface area contributed by atoms with E-state index in [0.29, 0.717) is 0 Å². The molecule has 0 aliphatic heterocycles. The lowest BCUT2D eigenvalue weighted by atomic mass is 9.94. The van der Waals surface area contributed by atoms with Crippen molar-refractivity contribution in [2.75, 3.05) is 4.90 Å². The number of para-hydroxylation sites is 1.